The smallest absolute Gasteiger partial charge is 0.188 e. The number of rotatable bonds is 4. The average molecular weight is 234 g/mol. The van der Waals surface area contributed by atoms with Gasteiger partial charge in [0, 0.05) is 4.90 Å². The summed E-state index contributed by atoms with van der Waals surface area (Å²) in [6.07, 6.45) is 2.40. The van der Waals surface area contributed by atoms with Gasteiger partial charge in [-0.05, 0) is 31.5 Å². The number of aryl methyl sites for hydroxylation is 1. The topological polar surface area (TPSA) is 67.6 Å². The predicted octanol–water partition coefficient (Wildman–Crippen LogP) is 1.77. The molecule has 0 aliphatic heterocycles. The molecule has 0 radical (unpaired) electrons. The minimum atomic E-state index is 0.660. The van der Waals surface area contributed by atoms with E-state index in [-0.39, 0.29) is 0 Å². The summed E-state index contributed by atoms with van der Waals surface area (Å²) in [4.78, 5) is 5.29. The maximum atomic E-state index is 5.61. The van der Waals surface area contributed by atoms with E-state index in [4.69, 9.17) is 5.73 Å². The Labute approximate surface area is 98.7 Å². The van der Waals surface area contributed by atoms with Crippen LogP contribution in [0.3, 0.4) is 0 Å². The molecule has 0 saturated heterocycles. The zero-order valence-corrected chi connectivity index (χ0v) is 9.92. The van der Waals surface area contributed by atoms with Crippen molar-refractivity contribution in [2.75, 3.05) is 6.54 Å². The Bertz CT molecular complexity index is 453. The third-order valence-corrected chi connectivity index (χ3v) is 3.24. The van der Waals surface area contributed by atoms with Gasteiger partial charge in [0.2, 0.25) is 0 Å². The van der Waals surface area contributed by atoms with E-state index >= 15 is 0 Å². The van der Waals surface area contributed by atoms with Crippen molar-refractivity contribution in [3.63, 3.8) is 0 Å². The van der Waals surface area contributed by atoms with Crippen LogP contribution in [0.1, 0.15) is 11.1 Å². The molecule has 0 aliphatic carbocycles. The van der Waals surface area contributed by atoms with Crippen LogP contribution in [-0.4, -0.2) is 21.7 Å². The molecule has 1 aromatic carbocycles. The Hall–Kier alpha value is -1.33. The van der Waals surface area contributed by atoms with Gasteiger partial charge in [0.1, 0.15) is 6.33 Å². The summed E-state index contributed by atoms with van der Waals surface area (Å²) < 4.78 is 0. The van der Waals surface area contributed by atoms with E-state index in [9.17, 15) is 0 Å². The molecule has 1 aromatic heterocycles. The highest BCUT2D eigenvalue weighted by Crippen LogP contribution is 2.28. The Morgan fingerprint density at radius 1 is 1.44 bits per heavy atom. The standard InChI is InChI=1S/C11H14N4S/c1-8-2-3-10(9(6-8)4-5-12)16-11-13-7-14-15-11/h2-3,6-7H,4-5,12H2,1H3,(H,13,14,15). The molecule has 0 fully saturated rings. The summed E-state index contributed by atoms with van der Waals surface area (Å²) in [5, 5.41) is 7.48. The summed E-state index contributed by atoms with van der Waals surface area (Å²) in [6, 6.07) is 6.37. The van der Waals surface area contributed by atoms with Crippen LogP contribution in [0.5, 0.6) is 0 Å². The molecule has 0 aliphatic rings. The maximum Gasteiger partial charge on any atom is 0.188 e. The largest absolute Gasteiger partial charge is 0.330 e. The molecule has 4 nitrogen and oxygen atoms in total. The highest BCUT2D eigenvalue weighted by molar-refractivity contribution is 7.99. The van der Waals surface area contributed by atoms with Crippen molar-refractivity contribution in [3.05, 3.63) is 35.7 Å². The molecule has 16 heavy (non-hydrogen) atoms. The van der Waals surface area contributed by atoms with Crippen molar-refractivity contribution >= 4 is 11.8 Å². The highest BCUT2D eigenvalue weighted by atomic mass is 32.2. The third-order valence-electron chi connectivity index (χ3n) is 2.23. The Balaban J connectivity index is 2.25. The van der Waals surface area contributed by atoms with Crippen LogP contribution in [0, 0.1) is 6.92 Å². The highest BCUT2D eigenvalue weighted by Gasteiger charge is 2.06. The molecule has 0 saturated carbocycles. The quantitative estimate of drug-likeness (QED) is 0.846. The molecule has 5 heteroatoms. The van der Waals surface area contributed by atoms with Crippen LogP contribution < -0.4 is 5.73 Å². The second-order valence-corrected chi connectivity index (χ2v) is 4.57. The van der Waals surface area contributed by atoms with Crippen LogP contribution in [0.4, 0.5) is 0 Å². The van der Waals surface area contributed by atoms with E-state index in [0.717, 1.165) is 11.6 Å². The van der Waals surface area contributed by atoms with Crippen molar-refractivity contribution in [3.8, 4) is 0 Å². The molecule has 2 rings (SSSR count). The van der Waals surface area contributed by atoms with Gasteiger partial charge in [0.15, 0.2) is 5.16 Å². The number of nitrogens with one attached hydrogen (secondary N) is 1. The molecule has 1 heterocycles. The molecule has 0 unspecified atom stereocenters. The molecule has 2 aromatic rings. The number of nitrogens with zero attached hydrogens (tertiary/aromatic N) is 2. The van der Waals surface area contributed by atoms with Gasteiger partial charge in [-0.3, -0.25) is 5.10 Å². The number of hydrogen-bond donors (Lipinski definition) is 2. The van der Waals surface area contributed by atoms with Crippen LogP contribution in [0.15, 0.2) is 34.6 Å². The second-order valence-electron chi connectivity index (χ2n) is 3.54. The van der Waals surface area contributed by atoms with Gasteiger partial charge in [-0.25, -0.2) is 4.98 Å². The fourth-order valence-electron chi connectivity index (χ4n) is 1.51. The van der Waals surface area contributed by atoms with E-state index < -0.39 is 0 Å². The first kappa shape index (κ1) is 11.2. The molecule has 3 N–H and O–H groups in total. The molecule has 0 atom stereocenters. The first-order valence-corrected chi connectivity index (χ1v) is 5.94. The van der Waals surface area contributed by atoms with Gasteiger partial charge >= 0.3 is 0 Å². The molecule has 0 amide bonds. The fraction of sp³-hybridized carbons (Fsp3) is 0.273. The minimum absolute atomic E-state index is 0.660. The number of benzene rings is 1. The molecular formula is C11H14N4S. The van der Waals surface area contributed by atoms with Gasteiger partial charge in [-0.2, -0.15) is 5.10 Å². The molecular weight excluding hydrogens is 220 g/mol. The maximum absolute atomic E-state index is 5.61. The lowest BCUT2D eigenvalue weighted by molar-refractivity contribution is 0.935. The Morgan fingerprint density at radius 3 is 3.00 bits per heavy atom. The zero-order valence-electron chi connectivity index (χ0n) is 9.10. The average Bonchev–Trinajstić information content (AvgIpc) is 2.75. The number of aromatic amines is 1. The second kappa shape index (κ2) is 5.14. The lowest BCUT2D eigenvalue weighted by Crippen LogP contribution is -2.04. The fourth-order valence-corrected chi connectivity index (χ4v) is 2.34. The predicted molar refractivity (Wildman–Crippen MR) is 64.4 cm³/mol. The molecule has 0 spiro atoms. The SMILES string of the molecule is Cc1ccc(Sc2ncn[nH]2)c(CCN)c1. The molecule has 0 bridgehead atoms. The number of hydrogen-bond acceptors (Lipinski definition) is 4. The van der Waals surface area contributed by atoms with Crippen molar-refractivity contribution in [1.29, 1.82) is 0 Å². The van der Waals surface area contributed by atoms with Crippen molar-refractivity contribution in [2.24, 2.45) is 5.73 Å². The van der Waals surface area contributed by atoms with Gasteiger partial charge in [0.05, 0.1) is 0 Å². The number of nitrogens with two attached hydrogens (primary N) is 1. The van der Waals surface area contributed by atoms with E-state index in [0.29, 0.717) is 6.54 Å². The van der Waals surface area contributed by atoms with Crippen LogP contribution >= 0.6 is 11.8 Å². The molecule has 84 valence electrons. The van der Waals surface area contributed by atoms with E-state index in [1.165, 1.54) is 22.3 Å². The minimum Gasteiger partial charge on any atom is -0.330 e. The number of H-pyrrole nitrogens is 1. The van der Waals surface area contributed by atoms with Gasteiger partial charge in [-0.1, -0.05) is 29.5 Å². The van der Waals surface area contributed by atoms with Crippen LogP contribution in [-0.2, 0) is 6.42 Å². The zero-order chi connectivity index (χ0) is 11.4. The Morgan fingerprint density at radius 2 is 2.31 bits per heavy atom. The van der Waals surface area contributed by atoms with E-state index in [1.807, 2.05) is 0 Å². The third kappa shape index (κ3) is 2.62. The van der Waals surface area contributed by atoms with Gasteiger partial charge < -0.3 is 5.73 Å². The monoisotopic (exact) mass is 234 g/mol. The first-order valence-electron chi connectivity index (χ1n) is 5.12. The first-order chi connectivity index (χ1) is 7.79. The summed E-state index contributed by atoms with van der Waals surface area (Å²) in [6.45, 7) is 2.75. The van der Waals surface area contributed by atoms with Gasteiger partial charge in [-0.15, -0.1) is 0 Å². The summed E-state index contributed by atoms with van der Waals surface area (Å²) >= 11 is 1.58. The van der Waals surface area contributed by atoms with E-state index in [2.05, 4.69) is 40.3 Å². The van der Waals surface area contributed by atoms with Crippen molar-refractivity contribution < 1.29 is 0 Å². The summed E-state index contributed by atoms with van der Waals surface area (Å²) in [7, 11) is 0. The van der Waals surface area contributed by atoms with Gasteiger partial charge in [0.25, 0.3) is 0 Å². The Kier molecular flexibility index (Phi) is 3.58. The van der Waals surface area contributed by atoms with Crippen molar-refractivity contribution in [2.45, 2.75) is 23.4 Å². The lowest BCUT2D eigenvalue weighted by Gasteiger charge is -2.07. The van der Waals surface area contributed by atoms with E-state index in [1.54, 1.807) is 11.8 Å². The van der Waals surface area contributed by atoms with Crippen LogP contribution in [0.25, 0.3) is 0 Å². The van der Waals surface area contributed by atoms with Crippen molar-refractivity contribution in [1.82, 2.24) is 15.2 Å². The van der Waals surface area contributed by atoms with Crippen LogP contribution in [0.2, 0.25) is 0 Å². The summed E-state index contributed by atoms with van der Waals surface area (Å²) in [5.41, 5.74) is 8.13. The summed E-state index contributed by atoms with van der Waals surface area (Å²) in [5.74, 6) is 0. The number of aromatic nitrogens is 3. The lowest BCUT2D eigenvalue weighted by atomic mass is 10.1. The normalized spacial score (nSPS) is 10.6.